The number of phenolic OH excluding ortho intramolecular Hbond substituents is 1. The van der Waals surface area contributed by atoms with Gasteiger partial charge < -0.3 is 20.1 Å². The first-order chi connectivity index (χ1) is 18.4. The van der Waals surface area contributed by atoms with Crippen molar-refractivity contribution in [3.05, 3.63) is 65.2 Å². The monoisotopic (exact) mass is 522 g/mol. The number of piperazine rings is 2. The maximum Gasteiger partial charge on any atom is 0.305 e. The molecule has 0 bridgehead atoms. The van der Waals surface area contributed by atoms with Gasteiger partial charge in [-0.15, -0.1) is 0 Å². The van der Waals surface area contributed by atoms with Gasteiger partial charge in [0.25, 0.3) is 5.91 Å². The Morgan fingerprint density at radius 3 is 2.47 bits per heavy atom. The van der Waals surface area contributed by atoms with Gasteiger partial charge in [0.05, 0.1) is 12.6 Å². The second-order valence-electron chi connectivity index (χ2n) is 10.5. The second kappa shape index (κ2) is 13.2. The number of nitrogens with zero attached hydrogens (tertiary/aromatic N) is 3. The Hall–Kier alpha value is -2.94. The third-order valence-corrected chi connectivity index (χ3v) is 7.60. The van der Waals surface area contributed by atoms with E-state index >= 15 is 0 Å². The fourth-order valence-corrected chi connectivity index (χ4v) is 5.56. The fourth-order valence-electron chi connectivity index (χ4n) is 5.56. The van der Waals surface area contributed by atoms with Crippen LogP contribution in [0.25, 0.3) is 0 Å². The Bertz CT molecular complexity index is 1090. The molecule has 2 N–H and O–H groups in total. The molecule has 2 aliphatic rings. The first-order valence-electron chi connectivity index (χ1n) is 13.9. The predicted octanol–water partition coefficient (Wildman–Crippen LogP) is 3.26. The molecular formula is C30H42N4O4. The van der Waals surface area contributed by atoms with Crippen molar-refractivity contribution in [2.24, 2.45) is 0 Å². The SMILES string of the molecule is CCOC(=O)CCCN1CCN(C(=O)c2cccc(C(c3cccc(O)c3)N3C[C@@H](C)NC[C@H]3C)c2)CC1. The number of benzene rings is 2. The zero-order valence-corrected chi connectivity index (χ0v) is 22.9. The van der Waals surface area contributed by atoms with Crippen molar-refractivity contribution in [1.29, 1.82) is 0 Å². The number of esters is 1. The normalized spacial score (nSPS) is 21.7. The lowest BCUT2D eigenvalue weighted by Gasteiger charge is -2.43. The maximum atomic E-state index is 13.5. The Morgan fingerprint density at radius 2 is 1.76 bits per heavy atom. The number of hydrogen-bond donors (Lipinski definition) is 2. The minimum absolute atomic E-state index is 0.0504. The van der Waals surface area contributed by atoms with E-state index in [4.69, 9.17) is 4.74 Å². The molecule has 8 nitrogen and oxygen atoms in total. The van der Waals surface area contributed by atoms with E-state index in [0.29, 0.717) is 43.8 Å². The summed E-state index contributed by atoms with van der Waals surface area (Å²) in [7, 11) is 0. The average Bonchev–Trinajstić information content (AvgIpc) is 2.91. The first-order valence-corrected chi connectivity index (χ1v) is 13.9. The lowest BCUT2D eigenvalue weighted by Crippen LogP contribution is -2.55. The molecule has 0 radical (unpaired) electrons. The van der Waals surface area contributed by atoms with Gasteiger partial charge >= 0.3 is 5.97 Å². The number of ether oxygens (including phenoxy) is 1. The van der Waals surface area contributed by atoms with Crippen molar-refractivity contribution in [3.8, 4) is 5.75 Å². The van der Waals surface area contributed by atoms with Crippen LogP contribution in [-0.2, 0) is 9.53 Å². The van der Waals surface area contributed by atoms with E-state index < -0.39 is 0 Å². The maximum absolute atomic E-state index is 13.5. The highest BCUT2D eigenvalue weighted by atomic mass is 16.5. The molecule has 0 spiro atoms. The zero-order chi connectivity index (χ0) is 27.1. The van der Waals surface area contributed by atoms with Gasteiger partial charge in [0.2, 0.25) is 0 Å². The van der Waals surface area contributed by atoms with Crippen molar-refractivity contribution < 1.29 is 19.4 Å². The molecule has 2 fully saturated rings. The van der Waals surface area contributed by atoms with Crippen LogP contribution in [0.1, 0.15) is 61.1 Å². The molecule has 0 saturated carbocycles. The summed E-state index contributed by atoms with van der Waals surface area (Å²) in [6.07, 6.45) is 1.21. The Morgan fingerprint density at radius 1 is 1.05 bits per heavy atom. The van der Waals surface area contributed by atoms with Crippen LogP contribution in [0.15, 0.2) is 48.5 Å². The number of carbonyl (C=O) groups excluding carboxylic acids is 2. The molecule has 4 rings (SSSR count). The van der Waals surface area contributed by atoms with Gasteiger partial charge in [-0.3, -0.25) is 19.4 Å². The summed E-state index contributed by atoms with van der Waals surface area (Å²) in [5.74, 6) is 0.153. The van der Waals surface area contributed by atoms with Gasteiger partial charge in [0.1, 0.15) is 5.75 Å². The summed E-state index contributed by atoms with van der Waals surface area (Å²) >= 11 is 0. The number of hydrogen-bond acceptors (Lipinski definition) is 7. The van der Waals surface area contributed by atoms with Gasteiger partial charge in [0, 0.05) is 63.3 Å². The summed E-state index contributed by atoms with van der Waals surface area (Å²) in [5.41, 5.74) is 2.77. The first kappa shape index (κ1) is 28.1. The number of amides is 1. The molecule has 2 aromatic carbocycles. The molecule has 2 heterocycles. The van der Waals surface area contributed by atoms with Crippen LogP contribution in [0, 0.1) is 0 Å². The smallest absolute Gasteiger partial charge is 0.305 e. The number of aromatic hydroxyl groups is 1. The van der Waals surface area contributed by atoms with Crippen LogP contribution in [-0.4, -0.2) is 96.2 Å². The van der Waals surface area contributed by atoms with Crippen LogP contribution < -0.4 is 5.32 Å². The Labute approximate surface area is 226 Å². The predicted molar refractivity (Wildman–Crippen MR) is 148 cm³/mol. The topological polar surface area (TPSA) is 85.3 Å². The fraction of sp³-hybridized carbons (Fsp3) is 0.533. The van der Waals surface area contributed by atoms with E-state index in [1.807, 2.05) is 42.2 Å². The Kier molecular flexibility index (Phi) is 9.77. The quantitative estimate of drug-likeness (QED) is 0.489. The molecule has 0 aliphatic carbocycles. The minimum atomic E-state index is -0.144. The summed E-state index contributed by atoms with van der Waals surface area (Å²) in [6.45, 7) is 12.2. The number of rotatable bonds is 9. The van der Waals surface area contributed by atoms with Crippen molar-refractivity contribution in [1.82, 2.24) is 20.0 Å². The molecule has 3 atom stereocenters. The van der Waals surface area contributed by atoms with Gasteiger partial charge in [-0.05, 0) is 69.1 Å². The van der Waals surface area contributed by atoms with Crippen molar-refractivity contribution in [2.75, 3.05) is 52.4 Å². The van der Waals surface area contributed by atoms with Crippen molar-refractivity contribution >= 4 is 11.9 Å². The van der Waals surface area contributed by atoms with Crippen LogP contribution in [0.4, 0.5) is 0 Å². The summed E-state index contributed by atoms with van der Waals surface area (Å²) in [6, 6.07) is 16.1. The third kappa shape index (κ3) is 7.12. The van der Waals surface area contributed by atoms with E-state index in [1.54, 1.807) is 6.07 Å². The molecule has 2 aliphatic heterocycles. The standard InChI is InChI=1S/C30H42N4O4/c1-4-38-28(36)12-7-13-32-14-16-33(17-15-32)30(37)26-10-5-8-24(18-26)29(25-9-6-11-27(35)19-25)34-21-22(2)31-20-23(34)3/h5-6,8-11,18-19,22-23,29,31,35H,4,7,12-17,20-21H2,1-3H3/t22-,23-,29?/m1/s1. The van der Waals surface area contributed by atoms with Gasteiger partial charge in [-0.1, -0.05) is 24.3 Å². The largest absolute Gasteiger partial charge is 0.508 e. The highest BCUT2D eigenvalue weighted by Gasteiger charge is 2.32. The average molecular weight is 523 g/mol. The van der Waals surface area contributed by atoms with E-state index in [1.165, 1.54) is 0 Å². The van der Waals surface area contributed by atoms with Crippen LogP contribution in [0.5, 0.6) is 5.75 Å². The summed E-state index contributed by atoms with van der Waals surface area (Å²) in [4.78, 5) is 31.8. The van der Waals surface area contributed by atoms with Gasteiger partial charge in [-0.25, -0.2) is 0 Å². The summed E-state index contributed by atoms with van der Waals surface area (Å²) in [5, 5.41) is 13.8. The second-order valence-corrected chi connectivity index (χ2v) is 10.5. The lowest BCUT2D eigenvalue weighted by atomic mass is 9.92. The van der Waals surface area contributed by atoms with Crippen molar-refractivity contribution in [3.63, 3.8) is 0 Å². The molecular weight excluding hydrogens is 480 g/mol. The molecule has 38 heavy (non-hydrogen) atoms. The molecule has 2 saturated heterocycles. The van der Waals surface area contributed by atoms with Crippen LogP contribution >= 0.6 is 0 Å². The molecule has 206 valence electrons. The van der Waals surface area contributed by atoms with E-state index in [0.717, 1.165) is 50.3 Å². The zero-order valence-electron chi connectivity index (χ0n) is 22.9. The van der Waals surface area contributed by atoms with E-state index in [9.17, 15) is 14.7 Å². The van der Waals surface area contributed by atoms with Crippen molar-refractivity contribution in [2.45, 2.75) is 51.7 Å². The molecule has 1 unspecified atom stereocenters. The number of carbonyl (C=O) groups is 2. The molecule has 8 heteroatoms. The van der Waals surface area contributed by atoms with Gasteiger partial charge in [0.15, 0.2) is 0 Å². The van der Waals surface area contributed by atoms with E-state index in [2.05, 4.69) is 41.1 Å². The third-order valence-electron chi connectivity index (χ3n) is 7.60. The van der Waals surface area contributed by atoms with Crippen LogP contribution in [0.3, 0.4) is 0 Å². The molecule has 2 aromatic rings. The number of phenols is 1. The van der Waals surface area contributed by atoms with Crippen LogP contribution in [0.2, 0.25) is 0 Å². The number of nitrogens with one attached hydrogen (secondary N) is 1. The summed E-state index contributed by atoms with van der Waals surface area (Å²) < 4.78 is 5.01. The Balaban J connectivity index is 1.46. The highest BCUT2D eigenvalue weighted by Crippen LogP contribution is 2.33. The van der Waals surface area contributed by atoms with E-state index in [-0.39, 0.29) is 23.7 Å². The molecule has 0 aromatic heterocycles. The highest BCUT2D eigenvalue weighted by molar-refractivity contribution is 5.94. The van der Waals surface area contributed by atoms with Gasteiger partial charge in [-0.2, -0.15) is 0 Å². The lowest BCUT2D eigenvalue weighted by molar-refractivity contribution is -0.143. The molecule has 1 amide bonds. The minimum Gasteiger partial charge on any atom is -0.508 e.